The molecule has 0 aliphatic heterocycles. The molecule has 0 aromatic rings. The van der Waals surface area contributed by atoms with Crippen molar-refractivity contribution in [2.45, 2.75) is 56.5 Å². The van der Waals surface area contributed by atoms with Gasteiger partial charge in [-0.2, -0.15) is 0 Å². The van der Waals surface area contributed by atoms with Gasteiger partial charge in [0.15, 0.2) is 0 Å². The third-order valence-electron chi connectivity index (χ3n) is 5.58. The van der Waals surface area contributed by atoms with Crippen LogP contribution in [-0.2, 0) is 0 Å². The van der Waals surface area contributed by atoms with Crippen LogP contribution in [0.15, 0.2) is 0 Å². The number of urea groups is 1. The summed E-state index contributed by atoms with van der Waals surface area (Å²) in [5.74, 6) is 0.443. The van der Waals surface area contributed by atoms with Crippen molar-refractivity contribution in [1.82, 2.24) is 15.1 Å². The Labute approximate surface area is 128 Å². The predicted octanol–water partition coefficient (Wildman–Crippen LogP) is 1.66. The van der Waals surface area contributed by atoms with Gasteiger partial charge in [0.2, 0.25) is 0 Å². The zero-order valence-electron chi connectivity index (χ0n) is 13.8. The van der Waals surface area contributed by atoms with Gasteiger partial charge in [0, 0.05) is 31.8 Å². The highest BCUT2D eigenvalue weighted by Crippen LogP contribution is 2.36. The van der Waals surface area contributed by atoms with E-state index in [-0.39, 0.29) is 24.2 Å². The maximum atomic E-state index is 12.4. The summed E-state index contributed by atoms with van der Waals surface area (Å²) in [6.45, 7) is 1.01. The van der Waals surface area contributed by atoms with Crippen molar-refractivity contribution in [1.29, 1.82) is 0 Å². The van der Waals surface area contributed by atoms with Crippen LogP contribution >= 0.6 is 0 Å². The second-order valence-corrected chi connectivity index (χ2v) is 7.09. The van der Waals surface area contributed by atoms with Gasteiger partial charge in [-0.25, -0.2) is 4.79 Å². The fraction of sp³-hybridized carbons (Fsp3) is 0.938. The Kier molecular flexibility index (Phi) is 5.49. The molecule has 2 fully saturated rings. The van der Waals surface area contributed by atoms with Crippen LogP contribution in [0.4, 0.5) is 4.79 Å². The topological polar surface area (TPSA) is 55.8 Å². The Morgan fingerprint density at radius 2 is 1.95 bits per heavy atom. The van der Waals surface area contributed by atoms with E-state index in [2.05, 4.69) is 24.3 Å². The Hall–Kier alpha value is -0.810. The molecule has 0 heterocycles. The number of rotatable bonds is 6. The van der Waals surface area contributed by atoms with Crippen molar-refractivity contribution in [3.8, 4) is 0 Å². The highest BCUT2D eigenvalue weighted by Gasteiger charge is 2.41. The van der Waals surface area contributed by atoms with E-state index in [1.165, 1.54) is 19.3 Å². The number of aliphatic hydroxyl groups excluding tert-OH is 1. The van der Waals surface area contributed by atoms with Crippen LogP contribution in [0.5, 0.6) is 0 Å². The van der Waals surface area contributed by atoms with E-state index in [1.54, 1.807) is 0 Å². The van der Waals surface area contributed by atoms with E-state index in [0.29, 0.717) is 5.92 Å². The number of nitrogens with one attached hydrogen (secondary N) is 1. The molecule has 5 heteroatoms. The second-order valence-electron chi connectivity index (χ2n) is 7.09. The normalized spacial score (nSPS) is 27.5. The first kappa shape index (κ1) is 16.6. The summed E-state index contributed by atoms with van der Waals surface area (Å²) in [4.78, 5) is 16.5. The van der Waals surface area contributed by atoms with Gasteiger partial charge in [-0.1, -0.05) is 6.42 Å². The van der Waals surface area contributed by atoms with Crippen LogP contribution in [0.1, 0.15) is 44.9 Å². The largest absolute Gasteiger partial charge is 0.396 e. The zero-order valence-corrected chi connectivity index (χ0v) is 13.8. The molecule has 0 aromatic heterocycles. The van der Waals surface area contributed by atoms with Gasteiger partial charge >= 0.3 is 6.03 Å². The highest BCUT2D eigenvalue weighted by molar-refractivity contribution is 5.74. The summed E-state index contributed by atoms with van der Waals surface area (Å²) in [5, 5.41) is 12.3. The lowest BCUT2D eigenvalue weighted by atomic mass is 9.75. The third kappa shape index (κ3) is 3.69. The summed E-state index contributed by atoms with van der Waals surface area (Å²) in [6, 6.07) is 0.279. The first-order valence-corrected chi connectivity index (χ1v) is 8.28. The van der Waals surface area contributed by atoms with Gasteiger partial charge in [0.05, 0.1) is 0 Å². The minimum atomic E-state index is 0.0398. The fourth-order valence-electron chi connectivity index (χ4n) is 3.85. The summed E-state index contributed by atoms with van der Waals surface area (Å²) in [5.41, 5.74) is 0.173. The molecule has 5 nitrogen and oxygen atoms in total. The van der Waals surface area contributed by atoms with E-state index in [0.717, 1.165) is 32.2 Å². The number of hydrogen-bond donors (Lipinski definition) is 2. The molecule has 122 valence electrons. The maximum Gasteiger partial charge on any atom is 0.317 e. The molecule has 21 heavy (non-hydrogen) atoms. The molecule has 0 radical (unpaired) electrons. The molecule has 2 N–H and O–H groups in total. The first-order valence-electron chi connectivity index (χ1n) is 8.28. The van der Waals surface area contributed by atoms with Crippen molar-refractivity contribution >= 4 is 6.03 Å². The molecule has 2 aliphatic rings. The lowest BCUT2D eigenvalue weighted by molar-refractivity contribution is 0.0358. The molecule has 0 spiro atoms. The van der Waals surface area contributed by atoms with Gasteiger partial charge in [0.1, 0.15) is 0 Å². The van der Waals surface area contributed by atoms with E-state index >= 15 is 0 Å². The highest BCUT2D eigenvalue weighted by atomic mass is 16.3. The van der Waals surface area contributed by atoms with Gasteiger partial charge in [-0.15, -0.1) is 0 Å². The Balaban J connectivity index is 1.85. The van der Waals surface area contributed by atoms with Crippen molar-refractivity contribution in [2.24, 2.45) is 5.92 Å². The maximum absolute atomic E-state index is 12.4. The third-order valence-corrected chi connectivity index (χ3v) is 5.58. The van der Waals surface area contributed by atoms with E-state index in [1.807, 2.05) is 11.9 Å². The van der Waals surface area contributed by atoms with Crippen LogP contribution in [-0.4, -0.2) is 66.8 Å². The number of likely N-dealkylation sites (N-methyl/N-ethyl adjacent to an activating group) is 2. The molecular weight excluding hydrogens is 266 g/mol. The standard InChI is InChI=1S/C16H31N3O2/c1-18(2)16(9-5-10-16)12-19(3)15(21)17-14-7-4-6-13(14)8-11-20/h13-14,20H,4-12H2,1-3H3,(H,17,21)/t13-,14-/m1/s1. The molecule has 0 unspecified atom stereocenters. The van der Waals surface area contributed by atoms with Crippen molar-refractivity contribution in [3.05, 3.63) is 0 Å². The Morgan fingerprint density at radius 1 is 1.24 bits per heavy atom. The smallest absolute Gasteiger partial charge is 0.317 e. The van der Waals surface area contributed by atoms with Crippen molar-refractivity contribution in [2.75, 3.05) is 34.3 Å². The van der Waals surface area contributed by atoms with Crippen LogP contribution in [0, 0.1) is 5.92 Å². The summed E-state index contributed by atoms with van der Waals surface area (Å²) in [6.07, 6.45) is 7.73. The number of carbonyl (C=O) groups excluding carboxylic acids is 1. The molecule has 2 rings (SSSR count). The van der Waals surface area contributed by atoms with E-state index in [9.17, 15) is 4.79 Å². The van der Waals surface area contributed by atoms with Crippen LogP contribution in [0.25, 0.3) is 0 Å². The van der Waals surface area contributed by atoms with Crippen molar-refractivity contribution < 1.29 is 9.90 Å². The van der Waals surface area contributed by atoms with Crippen LogP contribution in [0.2, 0.25) is 0 Å². The van der Waals surface area contributed by atoms with Crippen LogP contribution < -0.4 is 5.32 Å². The van der Waals surface area contributed by atoms with Gasteiger partial charge < -0.3 is 20.2 Å². The minimum absolute atomic E-state index is 0.0398. The number of aliphatic hydroxyl groups is 1. The average Bonchev–Trinajstić information content (AvgIpc) is 2.81. The monoisotopic (exact) mass is 297 g/mol. The van der Waals surface area contributed by atoms with Crippen LogP contribution in [0.3, 0.4) is 0 Å². The Bertz CT molecular complexity index is 355. The summed E-state index contributed by atoms with van der Waals surface area (Å²) >= 11 is 0. The SMILES string of the molecule is CN(CC1(N(C)C)CCC1)C(=O)N[C@@H]1CCC[C@@H]1CCO. The summed E-state index contributed by atoms with van der Waals surface area (Å²) in [7, 11) is 6.12. The number of amides is 2. The number of nitrogens with zero attached hydrogens (tertiary/aromatic N) is 2. The molecule has 0 bridgehead atoms. The predicted molar refractivity (Wildman–Crippen MR) is 84.3 cm³/mol. The van der Waals surface area contributed by atoms with Crippen molar-refractivity contribution in [3.63, 3.8) is 0 Å². The van der Waals surface area contributed by atoms with E-state index < -0.39 is 0 Å². The van der Waals surface area contributed by atoms with E-state index in [4.69, 9.17) is 5.11 Å². The molecule has 2 atom stereocenters. The zero-order chi connectivity index (χ0) is 15.5. The molecule has 0 saturated heterocycles. The quantitative estimate of drug-likeness (QED) is 0.784. The molecule has 2 aliphatic carbocycles. The lowest BCUT2D eigenvalue weighted by Gasteiger charge is -2.49. The molecular formula is C16H31N3O2. The number of hydrogen-bond acceptors (Lipinski definition) is 3. The van der Waals surface area contributed by atoms with Gasteiger partial charge in [0.25, 0.3) is 0 Å². The Morgan fingerprint density at radius 3 is 2.48 bits per heavy atom. The van der Waals surface area contributed by atoms with Gasteiger partial charge in [-0.3, -0.25) is 0 Å². The second kappa shape index (κ2) is 6.97. The molecule has 2 amide bonds. The lowest BCUT2D eigenvalue weighted by Crippen LogP contribution is -2.59. The first-order chi connectivity index (χ1) is 9.98. The fourth-order valence-corrected chi connectivity index (χ4v) is 3.85. The van der Waals surface area contributed by atoms with Gasteiger partial charge in [-0.05, 0) is 58.5 Å². The average molecular weight is 297 g/mol. The summed E-state index contributed by atoms with van der Waals surface area (Å²) < 4.78 is 0. The minimum Gasteiger partial charge on any atom is -0.396 e. The molecule has 0 aromatic carbocycles. The number of carbonyl (C=O) groups is 1. The molecule has 2 saturated carbocycles.